The summed E-state index contributed by atoms with van der Waals surface area (Å²) in [6, 6.07) is 7.60. The second kappa shape index (κ2) is 9.56. The molecule has 2 N–H and O–H groups in total. The van der Waals surface area contributed by atoms with Crippen LogP contribution >= 0.6 is 0 Å². The van der Waals surface area contributed by atoms with E-state index < -0.39 is 0 Å². The maximum Gasteiger partial charge on any atom is 0.287 e. The van der Waals surface area contributed by atoms with Gasteiger partial charge < -0.3 is 24.8 Å². The van der Waals surface area contributed by atoms with Gasteiger partial charge in [-0.3, -0.25) is 9.59 Å². The van der Waals surface area contributed by atoms with E-state index in [0.717, 1.165) is 37.1 Å². The molecule has 1 aromatic heterocycles. The molecule has 3 rings (SSSR count). The fourth-order valence-corrected chi connectivity index (χ4v) is 3.43. The molecule has 2 heterocycles. The standard InChI is InChI=1S/C21H29N5O3/c1-25(2)16-10-8-15(9-11-16)23-20(27)18-17-7-4-5-13-26(17)19(24-18)21(28)22-12-6-14-29-3/h8-11H,4-7,12-14H2,1-3H3,(H,22,28)(H,23,27). The third-order valence-electron chi connectivity index (χ3n) is 4.99. The first-order valence-corrected chi connectivity index (χ1v) is 9.96. The molecule has 0 saturated carbocycles. The van der Waals surface area contributed by atoms with E-state index in [4.69, 9.17) is 4.74 Å². The van der Waals surface area contributed by atoms with Crippen LogP contribution in [0.15, 0.2) is 24.3 Å². The maximum atomic E-state index is 12.9. The van der Waals surface area contributed by atoms with Crippen molar-refractivity contribution in [3.05, 3.63) is 41.5 Å². The zero-order chi connectivity index (χ0) is 20.8. The van der Waals surface area contributed by atoms with Crippen molar-refractivity contribution in [2.45, 2.75) is 32.2 Å². The lowest BCUT2D eigenvalue weighted by atomic mass is 10.1. The number of hydrogen-bond donors (Lipinski definition) is 2. The van der Waals surface area contributed by atoms with Crippen LogP contribution in [0.4, 0.5) is 11.4 Å². The number of rotatable bonds is 8. The van der Waals surface area contributed by atoms with Crippen molar-refractivity contribution in [3.8, 4) is 0 Å². The number of benzene rings is 1. The zero-order valence-electron chi connectivity index (χ0n) is 17.3. The van der Waals surface area contributed by atoms with Crippen LogP contribution in [0, 0.1) is 0 Å². The Bertz CT molecular complexity index is 858. The van der Waals surface area contributed by atoms with Gasteiger partial charge in [-0.15, -0.1) is 0 Å². The van der Waals surface area contributed by atoms with Gasteiger partial charge in [-0.05, 0) is 49.9 Å². The molecule has 0 aliphatic carbocycles. The van der Waals surface area contributed by atoms with Crippen LogP contribution in [0.2, 0.25) is 0 Å². The summed E-state index contributed by atoms with van der Waals surface area (Å²) in [5.74, 6) is -0.226. The number of carbonyl (C=O) groups excluding carboxylic acids is 2. The average molecular weight is 399 g/mol. The number of nitrogens with one attached hydrogen (secondary N) is 2. The van der Waals surface area contributed by atoms with Crippen LogP contribution < -0.4 is 15.5 Å². The number of amides is 2. The normalized spacial score (nSPS) is 12.9. The quantitative estimate of drug-likeness (QED) is 0.665. The minimum atomic E-state index is -0.285. The van der Waals surface area contributed by atoms with E-state index in [-0.39, 0.29) is 11.8 Å². The first kappa shape index (κ1) is 20.9. The minimum absolute atomic E-state index is 0.251. The van der Waals surface area contributed by atoms with Crippen LogP contribution in [0.3, 0.4) is 0 Å². The van der Waals surface area contributed by atoms with Crippen molar-refractivity contribution in [1.82, 2.24) is 14.9 Å². The van der Waals surface area contributed by atoms with Gasteiger partial charge in [0.1, 0.15) is 0 Å². The molecule has 1 aliphatic heterocycles. The van der Waals surface area contributed by atoms with E-state index in [0.29, 0.717) is 36.9 Å². The Balaban J connectivity index is 1.77. The number of ether oxygens (including phenoxy) is 1. The molecule has 0 atom stereocenters. The number of fused-ring (bicyclic) bond motifs is 1. The van der Waals surface area contributed by atoms with Gasteiger partial charge in [-0.25, -0.2) is 4.98 Å². The number of imidazole rings is 1. The van der Waals surface area contributed by atoms with Gasteiger partial charge in [-0.2, -0.15) is 0 Å². The van der Waals surface area contributed by atoms with Crippen molar-refractivity contribution in [2.75, 3.05) is 44.6 Å². The highest BCUT2D eigenvalue weighted by atomic mass is 16.5. The van der Waals surface area contributed by atoms with Gasteiger partial charge in [0.2, 0.25) is 0 Å². The molecule has 8 heteroatoms. The van der Waals surface area contributed by atoms with Crippen LogP contribution in [0.25, 0.3) is 0 Å². The van der Waals surface area contributed by atoms with E-state index in [2.05, 4.69) is 15.6 Å². The Hall–Kier alpha value is -2.87. The fraction of sp³-hybridized carbons (Fsp3) is 0.476. The highest BCUT2D eigenvalue weighted by Crippen LogP contribution is 2.23. The van der Waals surface area contributed by atoms with Gasteiger partial charge in [0, 0.05) is 52.3 Å². The molecule has 156 valence electrons. The monoisotopic (exact) mass is 399 g/mol. The fourth-order valence-electron chi connectivity index (χ4n) is 3.43. The van der Waals surface area contributed by atoms with Gasteiger partial charge >= 0.3 is 0 Å². The Labute approximate surface area is 171 Å². The molecule has 0 radical (unpaired) electrons. The van der Waals surface area contributed by atoms with Gasteiger partial charge in [0.05, 0.1) is 5.69 Å². The summed E-state index contributed by atoms with van der Waals surface area (Å²) in [6.45, 7) is 1.79. The lowest BCUT2D eigenvalue weighted by Gasteiger charge is -2.17. The topological polar surface area (TPSA) is 88.5 Å². The molecule has 0 spiro atoms. The van der Waals surface area contributed by atoms with E-state index in [9.17, 15) is 9.59 Å². The summed E-state index contributed by atoms with van der Waals surface area (Å²) in [5.41, 5.74) is 2.92. The van der Waals surface area contributed by atoms with Crippen molar-refractivity contribution in [1.29, 1.82) is 0 Å². The summed E-state index contributed by atoms with van der Waals surface area (Å²) in [5, 5.41) is 5.77. The highest BCUT2D eigenvalue weighted by molar-refractivity contribution is 6.05. The predicted octanol–water partition coefficient (Wildman–Crippen LogP) is 2.30. The largest absolute Gasteiger partial charge is 0.385 e. The van der Waals surface area contributed by atoms with Gasteiger partial charge in [-0.1, -0.05) is 0 Å². The van der Waals surface area contributed by atoms with E-state index in [1.165, 1.54) is 0 Å². The van der Waals surface area contributed by atoms with Crippen LogP contribution in [-0.2, 0) is 17.7 Å². The zero-order valence-corrected chi connectivity index (χ0v) is 17.3. The lowest BCUT2D eigenvalue weighted by Crippen LogP contribution is -2.29. The predicted molar refractivity (Wildman–Crippen MR) is 113 cm³/mol. The molecule has 0 saturated heterocycles. The van der Waals surface area contributed by atoms with Gasteiger partial charge in [0.25, 0.3) is 11.8 Å². The SMILES string of the molecule is COCCCNC(=O)c1nc(C(=O)Nc2ccc(N(C)C)cc2)c2n1CCCC2. The summed E-state index contributed by atoms with van der Waals surface area (Å²) < 4.78 is 6.89. The molecule has 1 aromatic carbocycles. The molecule has 2 aromatic rings. The number of methoxy groups -OCH3 is 1. The summed E-state index contributed by atoms with van der Waals surface area (Å²) >= 11 is 0. The van der Waals surface area contributed by atoms with Crippen LogP contribution in [-0.4, -0.2) is 55.7 Å². The first-order valence-electron chi connectivity index (χ1n) is 9.96. The molecule has 1 aliphatic rings. The molecule has 0 fully saturated rings. The summed E-state index contributed by atoms with van der Waals surface area (Å²) in [6.07, 6.45) is 3.43. The third kappa shape index (κ3) is 4.95. The Morgan fingerprint density at radius 2 is 1.93 bits per heavy atom. The minimum Gasteiger partial charge on any atom is -0.385 e. The van der Waals surface area contributed by atoms with Crippen molar-refractivity contribution in [2.24, 2.45) is 0 Å². The van der Waals surface area contributed by atoms with Crippen molar-refractivity contribution >= 4 is 23.2 Å². The Kier molecular flexibility index (Phi) is 6.87. The average Bonchev–Trinajstić information content (AvgIpc) is 3.11. The number of hydrogen-bond acceptors (Lipinski definition) is 5. The van der Waals surface area contributed by atoms with E-state index in [1.54, 1.807) is 7.11 Å². The Morgan fingerprint density at radius 3 is 2.62 bits per heavy atom. The second-order valence-corrected chi connectivity index (χ2v) is 7.34. The van der Waals surface area contributed by atoms with Crippen molar-refractivity contribution < 1.29 is 14.3 Å². The number of anilines is 2. The molecule has 0 bridgehead atoms. The van der Waals surface area contributed by atoms with Crippen molar-refractivity contribution in [3.63, 3.8) is 0 Å². The molecular weight excluding hydrogens is 370 g/mol. The number of carbonyl (C=O) groups is 2. The molecule has 29 heavy (non-hydrogen) atoms. The summed E-state index contributed by atoms with van der Waals surface area (Å²) in [7, 11) is 5.56. The molecule has 8 nitrogen and oxygen atoms in total. The third-order valence-corrected chi connectivity index (χ3v) is 4.99. The summed E-state index contributed by atoms with van der Waals surface area (Å²) in [4.78, 5) is 31.9. The van der Waals surface area contributed by atoms with Crippen LogP contribution in [0.1, 0.15) is 46.1 Å². The van der Waals surface area contributed by atoms with E-state index >= 15 is 0 Å². The molecule has 2 amide bonds. The lowest BCUT2D eigenvalue weighted by molar-refractivity contribution is 0.0932. The van der Waals surface area contributed by atoms with Gasteiger partial charge in [0.15, 0.2) is 11.5 Å². The maximum absolute atomic E-state index is 12.9. The molecule has 0 unspecified atom stereocenters. The molecular formula is C21H29N5O3. The number of nitrogens with zero attached hydrogens (tertiary/aromatic N) is 3. The highest BCUT2D eigenvalue weighted by Gasteiger charge is 2.27. The second-order valence-electron chi connectivity index (χ2n) is 7.34. The van der Waals surface area contributed by atoms with Crippen LogP contribution in [0.5, 0.6) is 0 Å². The van der Waals surface area contributed by atoms with E-state index in [1.807, 2.05) is 47.8 Å². The smallest absolute Gasteiger partial charge is 0.287 e. The first-order chi connectivity index (χ1) is 14.0. The Morgan fingerprint density at radius 1 is 1.17 bits per heavy atom. The number of aromatic nitrogens is 2.